The summed E-state index contributed by atoms with van der Waals surface area (Å²) in [6.45, 7) is 2.50. The molecule has 1 atom stereocenters. The van der Waals surface area contributed by atoms with Crippen molar-refractivity contribution in [2.45, 2.75) is 38.4 Å². The number of ether oxygens (including phenoxy) is 1. The molecule has 0 unspecified atom stereocenters. The first-order chi connectivity index (χ1) is 19.7. The molecule has 41 heavy (non-hydrogen) atoms. The van der Waals surface area contributed by atoms with Gasteiger partial charge in [0.05, 0.1) is 17.7 Å². The molecule has 1 amide bonds. The average molecular weight is 567 g/mol. The number of anilines is 2. The number of carbonyl (C=O) groups is 1. The Morgan fingerprint density at radius 3 is 2.76 bits per heavy atom. The van der Waals surface area contributed by atoms with Crippen molar-refractivity contribution in [3.8, 4) is 22.9 Å². The van der Waals surface area contributed by atoms with Crippen LogP contribution in [0.2, 0.25) is 0 Å². The molecule has 1 aliphatic rings. The van der Waals surface area contributed by atoms with Crippen molar-refractivity contribution in [1.82, 2.24) is 19.9 Å². The first kappa shape index (κ1) is 27.9. The van der Waals surface area contributed by atoms with Gasteiger partial charge < -0.3 is 25.4 Å². The van der Waals surface area contributed by atoms with Crippen molar-refractivity contribution in [1.29, 1.82) is 0 Å². The van der Waals surface area contributed by atoms with Gasteiger partial charge in [0.15, 0.2) is 0 Å². The highest BCUT2D eigenvalue weighted by Gasteiger charge is 2.26. The fraction of sp³-hybridized carbons (Fsp3) is 0.310. The van der Waals surface area contributed by atoms with E-state index in [0.717, 1.165) is 29.2 Å². The summed E-state index contributed by atoms with van der Waals surface area (Å²) in [5.41, 5.74) is 2.58. The van der Waals surface area contributed by atoms with Crippen LogP contribution < -0.4 is 15.4 Å². The van der Waals surface area contributed by atoms with Gasteiger partial charge in [-0.3, -0.25) is 0 Å². The van der Waals surface area contributed by atoms with Crippen molar-refractivity contribution in [2.24, 2.45) is 0 Å². The lowest BCUT2D eigenvalue weighted by Crippen LogP contribution is -2.44. The number of rotatable bonds is 8. The van der Waals surface area contributed by atoms with Gasteiger partial charge in [-0.05, 0) is 49.6 Å². The number of aryl methyl sites for hydroxylation is 1. The Balaban J connectivity index is 1.41. The van der Waals surface area contributed by atoms with E-state index in [9.17, 15) is 23.1 Å². The molecule has 2 aromatic carbocycles. The molecule has 5 rings (SSSR count). The summed E-state index contributed by atoms with van der Waals surface area (Å²) in [5, 5.41) is 16.9. The number of likely N-dealkylation sites (tertiary alicyclic amines) is 1. The summed E-state index contributed by atoms with van der Waals surface area (Å²) in [5.74, 6) is 1.20. The Morgan fingerprint density at radius 1 is 1.10 bits per heavy atom. The third-order valence-corrected chi connectivity index (χ3v) is 6.86. The quantitative estimate of drug-likeness (QED) is 0.216. The Labute approximate surface area is 234 Å². The Kier molecular flexibility index (Phi) is 8.09. The summed E-state index contributed by atoms with van der Waals surface area (Å²) in [4.78, 5) is 26.2. The molecule has 1 fully saturated rings. The minimum absolute atomic E-state index is 0.114. The Morgan fingerprint density at radius 2 is 1.95 bits per heavy atom. The number of nitrogens with zero attached hydrogens (tertiary/aromatic N) is 4. The molecule has 9 nitrogen and oxygen atoms in total. The Hall–Kier alpha value is -4.61. The van der Waals surface area contributed by atoms with Gasteiger partial charge in [0, 0.05) is 54.5 Å². The maximum absolute atomic E-state index is 12.7. The maximum atomic E-state index is 12.7. The SMILES string of the molecule is Cc1ccc2c(NCCC(F)(F)F)cccc2c1Oc1ncccc1-c1ccnc(N[C@H]2CCCN(C(=O)O)C2)n1. The van der Waals surface area contributed by atoms with Gasteiger partial charge in [-0.1, -0.05) is 24.3 Å². The number of hydrogen-bond donors (Lipinski definition) is 3. The van der Waals surface area contributed by atoms with Crippen LogP contribution in [-0.2, 0) is 0 Å². The third-order valence-electron chi connectivity index (χ3n) is 6.86. The number of carboxylic acid groups (broad SMARTS) is 1. The fourth-order valence-electron chi connectivity index (χ4n) is 4.86. The van der Waals surface area contributed by atoms with Crippen LogP contribution >= 0.6 is 0 Å². The number of halogens is 3. The van der Waals surface area contributed by atoms with Crippen LogP contribution in [0.5, 0.6) is 11.6 Å². The van der Waals surface area contributed by atoms with Crippen molar-refractivity contribution in [3.05, 3.63) is 66.5 Å². The molecular weight excluding hydrogens is 537 g/mol. The molecule has 0 spiro atoms. The normalized spacial score (nSPS) is 15.5. The lowest BCUT2D eigenvalue weighted by molar-refractivity contribution is -0.131. The molecule has 0 aliphatic carbocycles. The second-order valence-electron chi connectivity index (χ2n) is 9.84. The largest absolute Gasteiger partial charge is 0.465 e. The highest BCUT2D eigenvalue weighted by atomic mass is 19.4. The van der Waals surface area contributed by atoms with E-state index in [0.29, 0.717) is 47.6 Å². The first-order valence-corrected chi connectivity index (χ1v) is 13.2. The number of hydrogen-bond acceptors (Lipinski definition) is 7. The standard InChI is InChI=1S/C29H29F3N6O3/c1-18-9-10-20-21(6-2-8-23(20)33-15-12-29(30,31)32)25(18)41-26-22(7-3-13-34-26)24-11-14-35-27(37-24)36-19-5-4-16-38(17-19)28(39)40/h2-3,6-11,13-14,19,33H,4-5,12,15-17H2,1H3,(H,39,40)(H,35,36,37)/t19-/m0/s1. The van der Waals surface area contributed by atoms with Crippen LogP contribution in [0.25, 0.3) is 22.0 Å². The van der Waals surface area contributed by atoms with Gasteiger partial charge in [-0.25, -0.2) is 19.7 Å². The molecule has 0 bridgehead atoms. The number of amides is 1. The molecular formula is C29H29F3N6O3. The highest BCUT2D eigenvalue weighted by molar-refractivity contribution is 5.98. The first-order valence-electron chi connectivity index (χ1n) is 13.2. The minimum atomic E-state index is -4.25. The molecule has 3 N–H and O–H groups in total. The molecule has 12 heteroatoms. The molecule has 0 radical (unpaired) electrons. The molecule has 214 valence electrons. The van der Waals surface area contributed by atoms with E-state index in [4.69, 9.17) is 4.74 Å². The molecule has 1 saturated heterocycles. The predicted octanol–water partition coefficient (Wildman–Crippen LogP) is 6.71. The van der Waals surface area contributed by atoms with Gasteiger partial charge in [0.25, 0.3) is 0 Å². The highest BCUT2D eigenvalue weighted by Crippen LogP contribution is 2.38. The summed E-state index contributed by atoms with van der Waals surface area (Å²) in [7, 11) is 0. The van der Waals surface area contributed by atoms with E-state index < -0.39 is 18.7 Å². The number of benzene rings is 2. The monoisotopic (exact) mass is 566 g/mol. The number of aromatic nitrogens is 3. The van der Waals surface area contributed by atoms with Crippen molar-refractivity contribution in [3.63, 3.8) is 0 Å². The van der Waals surface area contributed by atoms with E-state index in [1.807, 2.05) is 31.2 Å². The molecule has 0 saturated carbocycles. The van der Waals surface area contributed by atoms with Crippen LogP contribution in [0.15, 0.2) is 60.9 Å². The average Bonchev–Trinajstić information content (AvgIpc) is 2.94. The van der Waals surface area contributed by atoms with Crippen LogP contribution in [0.1, 0.15) is 24.8 Å². The summed E-state index contributed by atoms with van der Waals surface area (Å²) < 4.78 is 44.5. The lowest BCUT2D eigenvalue weighted by Gasteiger charge is -2.31. The van der Waals surface area contributed by atoms with E-state index >= 15 is 0 Å². The minimum Gasteiger partial charge on any atom is -0.465 e. The number of pyridine rings is 1. The predicted molar refractivity (Wildman–Crippen MR) is 149 cm³/mol. The molecule has 2 aromatic heterocycles. The number of alkyl halides is 3. The van der Waals surface area contributed by atoms with Gasteiger partial charge in [-0.15, -0.1) is 0 Å². The number of piperidine rings is 1. The van der Waals surface area contributed by atoms with E-state index in [1.165, 1.54) is 4.90 Å². The van der Waals surface area contributed by atoms with Gasteiger partial charge in [0.2, 0.25) is 11.8 Å². The Bertz CT molecular complexity index is 1550. The molecule has 3 heterocycles. The molecule has 1 aliphatic heterocycles. The fourth-order valence-corrected chi connectivity index (χ4v) is 4.86. The van der Waals surface area contributed by atoms with Crippen LogP contribution in [0.4, 0.5) is 29.6 Å². The van der Waals surface area contributed by atoms with E-state index in [1.54, 1.807) is 36.7 Å². The third kappa shape index (κ3) is 6.76. The topological polar surface area (TPSA) is 112 Å². The summed E-state index contributed by atoms with van der Waals surface area (Å²) in [6.07, 6.45) is -1.38. The zero-order valence-electron chi connectivity index (χ0n) is 22.3. The summed E-state index contributed by atoms with van der Waals surface area (Å²) in [6, 6.07) is 14.3. The van der Waals surface area contributed by atoms with Crippen LogP contribution in [0, 0.1) is 6.92 Å². The second-order valence-corrected chi connectivity index (χ2v) is 9.84. The van der Waals surface area contributed by atoms with E-state index in [2.05, 4.69) is 25.6 Å². The zero-order valence-corrected chi connectivity index (χ0v) is 22.3. The lowest BCUT2D eigenvalue weighted by atomic mass is 10.0. The van der Waals surface area contributed by atoms with Crippen molar-refractivity contribution < 1.29 is 27.8 Å². The van der Waals surface area contributed by atoms with Crippen molar-refractivity contribution in [2.75, 3.05) is 30.3 Å². The number of nitrogens with one attached hydrogen (secondary N) is 2. The van der Waals surface area contributed by atoms with Gasteiger partial charge in [-0.2, -0.15) is 13.2 Å². The van der Waals surface area contributed by atoms with Gasteiger partial charge in [0.1, 0.15) is 5.75 Å². The smallest absolute Gasteiger partial charge is 0.407 e. The van der Waals surface area contributed by atoms with E-state index in [-0.39, 0.29) is 12.6 Å². The summed E-state index contributed by atoms with van der Waals surface area (Å²) >= 11 is 0. The van der Waals surface area contributed by atoms with Crippen LogP contribution in [0.3, 0.4) is 0 Å². The van der Waals surface area contributed by atoms with Gasteiger partial charge >= 0.3 is 12.3 Å². The zero-order chi connectivity index (χ0) is 29.0. The number of fused-ring (bicyclic) bond motifs is 1. The van der Waals surface area contributed by atoms with Crippen molar-refractivity contribution >= 4 is 28.5 Å². The second kappa shape index (κ2) is 11.9. The van der Waals surface area contributed by atoms with Crippen LogP contribution in [-0.4, -0.2) is 62.9 Å². The maximum Gasteiger partial charge on any atom is 0.407 e. The molecule has 4 aromatic rings.